The minimum Gasteiger partial charge on any atom is -0.470 e. The van der Waals surface area contributed by atoms with E-state index < -0.39 is 6.09 Å². The van der Waals surface area contributed by atoms with Crippen molar-refractivity contribution >= 4 is 6.09 Å². The van der Waals surface area contributed by atoms with E-state index in [1.54, 1.807) is 17.5 Å². The Bertz CT molecular complexity index is 811. The maximum atomic E-state index is 12.0. The lowest BCUT2D eigenvalue weighted by Gasteiger charge is -2.33. The van der Waals surface area contributed by atoms with Crippen LogP contribution in [0, 0.1) is 0 Å². The zero-order valence-corrected chi connectivity index (χ0v) is 17.4. The summed E-state index contributed by atoms with van der Waals surface area (Å²) in [6.07, 6.45) is 8.23. The molecule has 1 fully saturated rings. The molecular weight excluding hydrogens is 370 g/mol. The molecule has 0 bridgehead atoms. The molecule has 1 unspecified atom stereocenters. The van der Waals surface area contributed by atoms with Crippen LogP contribution >= 0.6 is 0 Å². The Balaban J connectivity index is 1.86. The number of amides is 1. The fourth-order valence-corrected chi connectivity index (χ4v) is 5.11. The molecule has 4 aliphatic rings. The van der Waals surface area contributed by atoms with Crippen LogP contribution in [0.4, 0.5) is 4.79 Å². The molecule has 158 valence electrons. The molecule has 7 nitrogen and oxygen atoms in total. The first-order valence-corrected chi connectivity index (χ1v) is 10.6. The van der Waals surface area contributed by atoms with E-state index in [0.29, 0.717) is 25.6 Å². The van der Waals surface area contributed by atoms with E-state index in [-0.39, 0.29) is 6.61 Å². The summed E-state index contributed by atoms with van der Waals surface area (Å²) in [5.41, 5.74) is 7.16. The first kappa shape index (κ1) is 19.9. The molecule has 29 heavy (non-hydrogen) atoms. The van der Waals surface area contributed by atoms with Gasteiger partial charge in [0.1, 0.15) is 6.26 Å². The molecule has 1 amide bonds. The van der Waals surface area contributed by atoms with E-state index in [9.17, 15) is 15.0 Å². The zero-order chi connectivity index (χ0) is 20.5. The topological polar surface area (TPSA) is 76.5 Å². The summed E-state index contributed by atoms with van der Waals surface area (Å²) < 4.78 is 5.82. The molecule has 4 rings (SSSR count). The van der Waals surface area contributed by atoms with Crippen LogP contribution in [0.15, 0.2) is 46.2 Å². The van der Waals surface area contributed by atoms with Gasteiger partial charge in [0.05, 0.1) is 18.5 Å². The average Bonchev–Trinajstić information content (AvgIpc) is 3.27. The summed E-state index contributed by atoms with van der Waals surface area (Å²) in [7, 11) is 0. The van der Waals surface area contributed by atoms with E-state index in [1.807, 2.05) is 0 Å². The van der Waals surface area contributed by atoms with Gasteiger partial charge in [-0.2, -0.15) is 0 Å². The molecule has 0 aromatic heterocycles. The van der Waals surface area contributed by atoms with Gasteiger partial charge in [-0.05, 0) is 69.1 Å². The van der Waals surface area contributed by atoms with Crippen molar-refractivity contribution in [3.05, 3.63) is 46.2 Å². The number of aliphatic hydroxyl groups is 1. The first-order chi connectivity index (χ1) is 14.0. The standard InChI is InChI=1S/C22H31N3O4/c1-15-11-16(2)23-9-7-17-5-3-6-18(21(17)23)19-12-25(22(27)28)24(8-4-10-26)20(19)14-29-13-15/h13-14,16,26H,3-12H2,1-2H3,(H,27,28)/b15-13-,19-18-,20-14?. The Labute approximate surface area is 172 Å². The summed E-state index contributed by atoms with van der Waals surface area (Å²) in [5.74, 6) is 0. The molecular formula is C22H31N3O4. The minimum absolute atomic E-state index is 0.0175. The quantitative estimate of drug-likeness (QED) is 0.753. The minimum atomic E-state index is -0.982. The van der Waals surface area contributed by atoms with E-state index in [0.717, 1.165) is 49.9 Å². The molecule has 7 heteroatoms. The molecule has 3 aliphatic heterocycles. The van der Waals surface area contributed by atoms with Gasteiger partial charge in [-0.3, -0.25) is 5.01 Å². The van der Waals surface area contributed by atoms with Crippen molar-refractivity contribution in [1.29, 1.82) is 0 Å². The van der Waals surface area contributed by atoms with Crippen molar-refractivity contribution in [2.75, 3.05) is 26.2 Å². The number of carboxylic acid groups (broad SMARTS) is 1. The Kier molecular flexibility index (Phi) is 5.58. The normalized spacial score (nSPS) is 28.9. The van der Waals surface area contributed by atoms with Gasteiger partial charge in [-0.1, -0.05) is 0 Å². The monoisotopic (exact) mass is 401 g/mol. The van der Waals surface area contributed by atoms with Crippen molar-refractivity contribution < 1.29 is 19.7 Å². The van der Waals surface area contributed by atoms with Crippen LogP contribution < -0.4 is 0 Å². The largest absolute Gasteiger partial charge is 0.470 e. The number of rotatable bonds is 3. The molecule has 1 aliphatic carbocycles. The number of hydrazine groups is 1. The number of carbonyl (C=O) groups is 1. The van der Waals surface area contributed by atoms with Crippen molar-refractivity contribution in [3.63, 3.8) is 0 Å². The van der Waals surface area contributed by atoms with Gasteiger partial charge in [0.2, 0.25) is 0 Å². The number of allylic oxidation sites excluding steroid dienone is 1. The van der Waals surface area contributed by atoms with Gasteiger partial charge < -0.3 is 19.8 Å². The second kappa shape index (κ2) is 8.14. The van der Waals surface area contributed by atoms with Gasteiger partial charge in [0.25, 0.3) is 0 Å². The first-order valence-electron chi connectivity index (χ1n) is 10.6. The molecule has 2 N–H and O–H groups in total. The molecule has 0 aromatic rings. The van der Waals surface area contributed by atoms with Gasteiger partial charge in [0.15, 0.2) is 0 Å². The van der Waals surface area contributed by atoms with E-state index in [4.69, 9.17) is 4.74 Å². The Morgan fingerprint density at radius 1 is 1.24 bits per heavy atom. The lowest BCUT2D eigenvalue weighted by atomic mass is 9.87. The molecule has 0 spiro atoms. The van der Waals surface area contributed by atoms with Crippen LogP contribution in [0.25, 0.3) is 0 Å². The van der Waals surface area contributed by atoms with Crippen LogP contribution in [-0.4, -0.2) is 63.5 Å². The van der Waals surface area contributed by atoms with Gasteiger partial charge in [0, 0.05) is 37.0 Å². The van der Waals surface area contributed by atoms with Crippen LogP contribution in [0.2, 0.25) is 0 Å². The third kappa shape index (κ3) is 3.64. The highest BCUT2D eigenvalue weighted by Gasteiger charge is 2.39. The summed E-state index contributed by atoms with van der Waals surface area (Å²) in [4.78, 5) is 14.5. The van der Waals surface area contributed by atoms with E-state index in [1.165, 1.54) is 27.4 Å². The van der Waals surface area contributed by atoms with Crippen LogP contribution in [0.1, 0.15) is 52.4 Å². The predicted molar refractivity (Wildman–Crippen MR) is 109 cm³/mol. The molecule has 1 atom stereocenters. The van der Waals surface area contributed by atoms with Crippen molar-refractivity contribution in [1.82, 2.24) is 14.9 Å². The summed E-state index contributed by atoms with van der Waals surface area (Å²) in [5, 5.41) is 22.2. The number of ether oxygens (including phenoxy) is 1. The smallest absolute Gasteiger partial charge is 0.426 e. The molecule has 0 saturated carbocycles. The van der Waals surface area contributed by atoms with Crippen LogP contribution in [-0.2, 0) is 4.74 Å². The van der Waals surface area contributed by atoms with Crippen molar-refractivity contribution in [2.24, 2.45) is 0 Å². The highest BCUT2D eigenvalue weighted by molar-refractivity contribution is 5.68. The second-order valence-electron chi connectivity index (χ2n) is 8.40. The number of fused-ring (bicyclic) bond motifs is 1. The molecule has 0 radical (unpaired) electrons. The van der Waals surface area contributed by atoms with Crippen LogP contribution in [0.5, 0.6) is 0 Å². The maximum Gasteiger partial charge on any atom is 0.426 e. The lowest BCUT2D eigenvalue weighted by Crippen LogP contribution is -2.40. The fraction of sp³-hybridized carbons (Fsp3) is 0.591. The number of aliphatic hydroxyl groups excluding tert-OH is 1. The van der Waals surface area contributed by atoms with Gasteiger partial charge in [-0.15, -0.1) is 0 Å². The van der Waals surface area contributed by atoms with Crippen LogP contribution in [0.3, 0.4) is 0 Å². The fourth-order valence-electron chi connectivity index (χ4n) is 5.11. The summed E-state index contributed by atoms with van der Waals surface area (Å²) in [6.45, 7) is 6.16. The molecule has 3 heterocycles. The third-order valence-electron chi connectivity index (χ3n) is 6.37. The predicted octanol–water partition coefficient (Wildman–Crippen LogP) is 3.57. The average molecular weight is 402 g/mol. The number of hydrogen-bond donors (Lipinski definition) is 2. The van der Waals surface area contributed by atoms with Crippen molar-refractivity contribution in [3.8, 4) is 0 Å². The Morgan fingerprint density at radius 3 is 2.83 bits per heavy atom. The van der Waals surface area contributed by atoms with E-state index in [2.05, 4.69) is 18.7 Å². The highest BCUT2D eigenvalue weighted by Crippen LogP contribution is 2.44. The van der Waals surface area contributed by atoms with Gasteiger partial charge in [-0.25, -0.2) is 9.80 Å². The SMILES string of the molecule is C/C1=C/OC=C2/C(=C3/CCCC4=C3N(CC4)C(C)C1)CN(C(=O)O)N2CCCO. The highest BCUT2D eigenvalue weighted by atomic mass is 16.5. The summed E-state index contributed by atoms with van der Waals surface area (Å²) in [6, 6.07) is 0.375. The van der Waals surface area contributed by atoms with Crippen molar-refractivity contribution in [2.45, 2.75) is 58.4 Å². The Morgan fingerprint density at radius 2 is 2.07 bits per heavy atom. The summed E-state index contributed by atoms with van der Waals surface area (Å²) >= 11 is 0. The third-order valence-corrected chi connectivity index (χ3v) is 6.37. The zero-order valence-electron chi connectivity index (χ0n) is 17.4. The van der Waals surface area contributed by atoms with Gasteiger partial charge >= 0.3 is 6.09 Å². The second-order valence-corrected chi connectivity index (χ2v) is 8.40. The van der Waals surface area contributed by atoms with E-state index >= 15 is 0 Å². The number of hydrogen-bond acceptors (Lipinski definition) is 5. The lowest BCUT2D eigenvalue weighted by molar-refractivity contribution is 0.0436. The number of nitrogens with zero attached hydrogens (tertiary/aromatic N) is 3. The maximum absolute atomic E-state index is 12.0. The Hall–Kier alpha value is -2.41. The molecule has 1 saturated heterocycles. The molecule has 0 aromatic carbocycles.